The number of aromatic nitrogens is 2. The summed E-state index contributed by atoms with van der Waals surface area (Å²) >= 11 is 2.34. The fourth-order valence-corrected chi connectivity index (χ4v) is 5.45. The first kappa shape index (κ1) is 23.2. The Kier molecular flexibility index (Phi) is 5.93. The topological polar surface area (TPSA) is 162 Å². The molecule has 5 N–H and O–H groups in total. The fourth-order valence-electron chi connectivity index (χ4n) is 3.73. The van der Waals surface area contributed by atoms with Gasteiger partial charge in [0.25, 0.3) is 5.91 Å². The number of nitriles is 1. The van der Waals surface area contributed by atoms with Gasteiger partial charge in [0.1, 0.15) is 32.9 Å². The molecule has 4 aromatic heterocycles. The minimum absolute atomic E-state index is 0.0316. The van der Waals surface area contributed by atoms with Crippen molar-refractivity contribution in [2.45, 2.75) is 0 Å². The number of nitrogen functional groups attached to an aromatic ring is 2. The Morgan fingerprint density at radius 1 is 1.17 bits per heavy atom. The van der Waals surface area contributed by atoms with E-state index in [1.54, 1.807) is 32.4 Å². The highest BCUT2D eigenvalue weighted by atomic mass is 32.1. The number of rotatable bonds is 6. The second kappa shape index (κ2) is 9.21. The molecule has 0 spiro atoms. The summed E-state index contributed by atoms with van der Waals surface area (Å²) in [6, 6.07) is 10.9. The van der Waals surface area contributed by atoms with Crippen molar-refractivity contribution in [3.8, 4) is 40.1 Å². The van der Waals surface area contributed by atoms with Crippen LogP contribution in [-0.4, -0.2) is 30.1 Å². The molecule has 12 heteroatoms. The molecule has 5 aromatic rings. The number of thiophene rings is 1. The fraction of sp³-hybridized carbons (Fsp3) is 0.0833. The summed E-state index contributed by atoms with van der Waals surface area (Å²) in [6.07, 6.45) is 1.48. The minimum atomic E-state index is -0.453. The number of furan rings is 1. The molecule has 1 amide bonds. The lowest BCUT2D eigenvalue weighted by Gasteiger charge is -2.08. The summed E-state index contributed by atoms with van der Waals surface area (Å²) in [5, 5.41) is 15.1. The first-order valence-corrected chi connectivity index (χ1v) is 12.1. The van der Waals surface area contributed by atoms with Crippen molar-refractivity contribution in [3.05, 3.63) is 52.4 Å². The second-order valence-electron chi connectivity index (χ2n) is 7.42. The second-order valence-corrected chi connectivity index (χ2v) is 9.28. The summed E-state index contributed by atoms with van der Waals surface area (Å²) in [5.41, 5.74) is 14.6. The van der Waals surface area contributed by atoms with E-state index in [2.05, 4.69) is 21.4 Å². The zero-order valence-corrected chi connectivity index (χ0v) is 20.6. The number of carbonyl (C=O) groups is 1. The molecule has 36 heavy (non-hydrogen) atoms. The lowest BCUT2D eigenvalue weighted by atomic mass is 10.0. The lowest BCUT2D eigenvalue weighted by Crippen LogP contribution is -2.11. The summed E-state index contributed by atoms with van der Waals surface area (Å²) < 4.78 is 16.1. The van der Waals surface area contributed by atoms with Crippen molar-refractivity contribution >= 4 is 55.4 Å². The zero-order valence-electron chi connectivity index (χ0n) is 19.0. The van der Waals surface area contributed by atoms with E-state index in [0.717, 1.165) is 16.9 Å². The number of methoxy groups -OCH3 is 2. The molecule has 5 rings (SSSR count). The first-order chi connectivity index (χ1) is 17.4. The number of hydrogen-bond donors (Lipinski definition) is 3. The maximum Gasteiger partial charge on any atom is 0.269 e. The van der Waals surface area contributed by atoms with Crippen molar-refractivity contribution < 1.29 is 18.7 Å². The van der Waals surface area contributed by atoms with Crippen LogP contribution in [0.4, 0.5) is 16.6 Å². The van der Waals surface area contributed by atoms with Crippen LogP contribution in [0, 0.1) is 11.3 Å². The third kappa shape index (κ3) is 3.86. The van der Waals surface area contributed by atoms with Crippen LogP contribution >= 0.6 is 22.7 Å². The quantitative estimate of drug-likeness (QED) is 0.281. The van der Waals surface area contributed by atoms with E-state index >= 15 is 0 Å². The predicted octanol–water partition coefficient (Wildman–Crippen LogP) is 4.99. The van der Waals surface area contributed by atoms with E-state index in [1.165, 1.54) is 17.6 Å². The van der Waals surface area contributed by atoms with Gasteiger partial charge >= 0.3 is 0 Å². The molecule has 180 valence electrons. The molecule has 0 unspecified atom stereocenters. The average Bonchev–Trinajstić information content (AvgIpc) is 3.64. The SMILES string of the molecule is COc1ccc(-c2csc(NC(=O)c3sc4nc(N)c(C#N)c(-c5ccco5)c4c3N)n2)cc1OC. The Morgan fingerprint density at radius 3 is 2.67 bits per heavy atom. The number of anilines is 3. The first-order valence-electron chi connectivity index (χ1n) is 10.4. The van der Waals surface area contributed by atoms with Gasteiger partial charge in [-0.15, -0.1) is 22.7 Å². The number of thiazole rings is 1. The number of nitrogens with two attached hydrogens (primary N) is 2. The summed E-state index contributed by atoms with van der Waals surface area (Å²) in [7, 11) is 3.12. The van der Waals surface area contributed by atoms with Crippen molar-refractivity contribution in [1.82, 2.24) is 9.97 Å². The number of benzene rings is 1. The maximum atomic E-state index is 13.2. The molecule has 0 radical (unpaired) electrons. The molecule has 10 nitrogen and oxygen atoms in total. The molecular formula is C24H18N6O4S2. The van der Waals surface area contributed by atoms with Gasteiger partial charge in [0.15, 0.2) is 16.6 Å². The summed E-state index contributed by atoms with van der Waals surface area (Å²) in [5.74, 6) is 1.16. The van der Waals surface area contributed by atoms with Gasteiger partial charge in [-0.1, -0.05) is 0 Å². The van der Waals surface area contributed by atoms with Gasteiger partial charge < -0.3 is 25.4 Å². The molecule has 1 aromatic carbocycles. The largest absolute Gasteiger partial charge is 0.493 e. The highest BCUT2D eigenvalue weighted by Crippen LogP contribution is 2.43. The van der Waals surface area contributed by atoms with E-state index < -0.39 is 5.91 Å². The van der Waals surface area contributed by atoms with Gasteiger partial charge in [-0.2, -0.15) is 5.26 Å². The van der Waals surface area contributed by atoms with Gasteiger partial charge in [0, 0.05) is 16.3 Å². The Balaban J connectivity index is 1.49. The number of nitrogens with zero attached hydrogens (tertiary/aromatic N) is 3. The van der Waals surface area contributed by atoms with Crippen LogP contribution in [0.3, 0.4) is 0 Å². The Morgan fingerprint density at radius 2 is 1.97 bits per heavy atom. The standard InChI is InChI=1S/C24H18N6O4S2/c1-32-14-6-5-11(8-16(14)33-2)13-10-35-24(28-13)30-22(31)20-19(26)18-17(15-4-3-7-34-15)12(9-25)21(27)29-23(18)36-20/h3-8,10H,26H2,1-2H3,(H2,27,29)(H,28,30,31). The molecule has 0 fully saturated rings. The van der Waals surface area contributed by atoms with Crippen LogP contribution in [-0.2, 0) is 0 Å². The van der Waals surface area contributed by atoms with Gasteiger partial charge in [0.2, 0.25) is 0 Å². The van der Waals surface area contributed by atoms with Crippen LogP contribution in [0.2, 0.25) is 0 Å². The van der Waals surface area contributed by atoms with E-state index in [9.17, 15) is 10.1 Å². The number of ether oxygens (including phenoxy) is 2. The molecular weight excluding hydrogens is 500 g/mol. The monoisotopic (exact) mass is 518 g/mol. The average molecular weight is 519 g/mol. The van der Waals surface area contributed by atoms with Gasteiger partial charge in [-0.25, -0.2) is 9.97 Å². The van der Waals surface area contributed by atoms with Crippen LogP contribution in [0.1, 0.15) is 15.2 Å². The number of fused-ring (bicyclic) bond motifs is 1. The van der Waals surface area contributed by atoms with Crippen LogP contribution in [0.25, 0.3) is 32.8 Å². The van der Waals surface area contributed by atoms with Crippen LogP contribution in [0.5, 0.6) is 11.5 Å². The van der Waals surface area contributed by atoms with E-state index in [0.29, 0.717) is 43.9 Å². The van der Waals surface area contributed by atoms with Crippen LogP contribution in [0.15, 0.2) is 46.4 Å². The molecule has 0 bridgehead atoms. The van der Waals surface area contributed by atoms with E-state index in [-0.39, 0.29) is 21.9 Å². The molecule has 4 heterocycles. The normalized spacial score (nSPS) is 10.8. The van der Waals surface area contributed by atoms with E-state index in [4.69, 9.17) is 25.4 Å². The molecule has 0 aliphatic carbocycles. The zero-order chi connectivity index (χ0) is 25.4. The smallest absolute Gasteiger partial charge is 0.269 e. The third-order valence-corrected chi connectivity index (χ3v) is 7.25. The van der Waals surface area contributed by atoms with Crippen molar-refractivity contribution in [3.63, 3.8) is 0 Å². The maximum absolute atomic E-state index is 13.2. The Hall–Kier alpha value is -4.60. The summed E-state index contributed by atoms with van der Waals surface area (Å²) in [6.45, 7) is 0. The Labute approximate surface area is 212 Å². The van der Waals surface area contributed by atoms with Gasteiger partial charge in [-0.05, 0) is 30.3 Å². The van der Waals surface area contributed by atoms with E-state index in [1.807, 2.05) is 17.5 Å². The molecule has 0 aliphatic heterocycles. The third-order valence-electron chi connectivity index (χ3n) is 5.39. The predicted molar refractivity (Wildman–Crippen MR) is 139 cm³/mol. The van der Waals surface area contributed by atoms with Crippen molar-refractivity contribution in [1.29, 1.82) is 5.26 Å². The van der Waals surface area contributed by atoms with Crippen molar-refractivity contribution in [2.24, 2.45) is 0 Å². The molecule has 0 atom stereocenters. The van der Waals surface area contributed by atoms with Crippen molar-refractivity contribution in [2.75, 3.05) is 31.0 Å². The lowest BCUT2D eigenvalue weighted by molar-refractivity contribution is 0.103. The summed E-state index contributed by atoms with van der Waals surface area (Å²) in [4.78, 5) is 22.6. The molecule has 0 aliphatic rings. The van der Waals surface area contributed by atoms with Gasteiger partial charge in [-0.3, -0.25) is 10.1 Å². The highest BCUT2D eigenvalue weighted by molar-refractivity contribution is 7.21. The molecule has 0 saturated heterocycles. The number of hydrogen-bond acceptors (Lipinski definition) is 11. The molecule has 0 saturated carbocycles. The Bertz CT molecular complexity index is 1650. The number of amides is 1. The van der Waals surface area contributed by atoms with Crippen LogP contribution < -0.4 is 26.3 Å². The number of pyridine rings is 1. The van der Waals surface area contributed by atoms with Gasteiger partial charge in [0.05, 0.1) is 37.4 Å². The number of carbonyl (C=O) groups excluding carboxylic acids is 1. The number of nitrogens with one attached hydrogen (secondary N) is 1. The highest BCUT2D eigenvalue weighted by Gasteiger charge is 2.26. The minimum Gasteiger partial charge on any atom is -0.493 e.